The number of piperidine rings is 2. The maximum absolute atomic E-state index is 12.8. The first-order chi connectivity index (χ1) is 17.0. The van der Waals surface area contributed by atoms with Crippen molar-refractivity contribution in [1.29, 1.82) is 0 Å². The summed E-state index contributed by atoms with van der Waals surface area (Å²) >= 11 is 1.41. The molecule has 0 spiro atoms. The van der Waals surface area contributed by atoms with Crippen LogP contribution in [0.1, 0.15) is 42.7 Å². The number of hydrogen-bond acceptors (Lipinski definition) is 5. The summed E-state index contributed by atoms with van der Waals surface area (Å²) < 4.78 is 5.54. The van der Waals surface area contributed by atoms with Crippen molar-refractivity contribution in [1.82, 2.24) is 10.2 Å². The van der Waals surface area contributed by atoms with E-state index >= 15 is 0 Å². The van der Waals surface area contributed by atoms with Crippen LogP contribution in [0.15, 0.2) is 48.5 Å². The van der Waals surface area contributed by atoms with Gasteiger partial charge < -0.3 is 20.1 Å². The fraction of sp³-hybridized carbons (Fsp3) is 0.444. The van der Waals surface area contributed by atoms with E-state index in [1.165, 1.54) is 34.0 Å². The molecule has 184 valence electrons. The Morgan fingerprint density at radius 1 is 1.03 bits per heavy atom. The molecule has 0 atom stereocenters. The number of hydrogen-bond donors (Lipinski definition) is 2. The molecule has 6 rings (SSSR count). The van der Waals surface area contributed by atoms with Crippen LogP contribution in [0.2, 0.25) is 0 Å². The van der Waals surface area contributed by atoms with Crippen LogP contribution in [0.4, 0.5) is 4.79 Å². The van der Waals surface area contributed by atoms with Gasteiger partial charge in [0.2, 0.25) is 5.91 Å². The van der Waals surface area contributed by atoms with E-state index in [0.717, 1.165) is 12.8 Å². The Balaban J connectivity index is 1.06. The summed E-state index contributed by atoms with van der Waals surface area (Å²) in [6.07, 6.45) is 2.39. The Labute approximate surface area is 209 Å². The molecule has 2 bridgehead atoms. The van der Waals surface area contributed by atoms with Gasteiger partial charge in [-0.15, -0.1) is 0 Å². The number of aliphatic carboxylic acids is 1. The number of rotatable bonds is 8. The molecule has 7 nitrogen and oxygen atoms in total. The van der Waals surface area contributed by atoms with Crippen molar-refractivity contribution in [2.45, 2.75) is 37.1 Å². The van der Waals surface area contributed by atoms with E-state index in [-0.39, 0.29) is 24.2 Å². The minimum atomic E-state index is -1.02. The van der Waals surface area contributed by atoms with E-state index in [9.17, 15) is 19.5 Å². The number of fused-ring (bicyclic) bond motifs is 6. The van der Waals surface area contributed by atoms with E-state index in [1.807, 2.05) is 24.3 Å². The van der Waals surface area contributed by atoms with Crippen molar-refractivity contribution in [3.8, 4) is 11.1 Å². The van der Waals surface area contributed by atoms with Crippen LogP contribution in [0.5, 0.6) is 0 Å². The average molecular weight is 495 g/mol. The summed E-state index contributed by atoms with van der Waals surface area (Å²) in [6, 6.07) is 16.4. The number of carboxylic acids is 1. The van der Waals surface area contributed by atoms with Crippen LogP contribution in [0.25, 0.3) is 11.1 Å². The quantitative estimate of drug-likeness (QED) is 0.536. The number of ether oxygens (including phenoxy) is 1. The highest BCUT2D eigenvalue weighted by Gasteiger charge is 2.53. The van der Waals surface area contributed by atoms with Gasteiger partial charge in [-0.25, -0.2) is 9.59 Å². The predicted molar refractivity (Wildman–Crippen MR) is 134 cm³/mol. The van der Waals surface area contributed by atoms with Crippen LogP contribution in [0.3, 0.4) is 0 Å². The molecule has 2 aliphatic carbocycles. The molecule has 0 unspecified atom stereocenters. The maximum atomic E-state index is 12.8. The zero-order valence-corrected chi connectivity index (χ0v) is 20.4. The summed E-state index contributed by atoms with van der Waals surface area (Å²) in [4.78, 5) is 38.6. The van der Waals surface area contributed by atoms with Crippen LogP contribution < -0.4 is 5.32 Å². The molecule has 3 fully saturated rings. The molecule has 1 saturated carbocycles. The Kier molecular flexibility index (Phi) is 6.73. The number of thioether (sulfide) groups is 1. The van der Waals surface area contributed by atoms with Gasteiger partial charge in [0.15, 0.2) is 0 Å². The van der Waals surface area contributed by atoms with E-state index in [2.05, 4.69) is 29.6 Å². The molecule has 2 aliphatic heterocycles. The number of carbonyl (C=O) groups is 3. The topological polar surface area (TPSA) is 95.9 Å². The smallest absolute Gasteiger partial charge is 0.407 e. The lowest BCUT2D eigenvalue weighted by atomic mass is 9.70. The molecule has 2 aromatic rings. The van der Waals surface area contributed by atoms with Crippen molar-refractivity contribution >= 4 is 29.7 Å². The monoisotopic (exact) mass is 494 g/mol. The number of amides is 2. The molecule has 2 amide bonds. The Morgan fingerprint density at radius 3 is 2.29 bits per heavy atom. The third-order valence-corrected chi connectivity index (χ3v) is 8.62. The highest BCUT2D eigenvalue weighted by molar-refractivity contribution is 7.99. The highest BCUT2D eigenvalue weighted by atomic mass is 32.2. The van der Waals surface area contributed by atoms with Crippen LogP contribution in [-0.2, 0) is 14.3 Å². The highest BCUT2D eigenvalue weighted by Crippen LogP contribution is 2.45. The van der Waals surface area contributed by atoms with Gasteiger partial charge in [0.25, 0.3) is 0 Å². The third kappa shape index (κ3) is 4.51. The number of benzene rings is 2. The van der Waals surface area contributed by atoms with Gasteiger partial charge in [-0.2, -0.15) is 11.8 Å². The molecule has 2 heterocycles. The minimum Gasteiger partial charge on any atom is -0.479 e. The lowest BCUT2D eigenvalue weighted by molar-refractivity contribution is -0.169. The second-order valence-corrected chi connectivity index (χ2v) is 10.7. The van der Waals surface area contributed by atoms with Gasteiger partial charge in [-0.05, 0) is 53.9 Å². The predicted octanol–water partition coefficient (Wildman–Crippen LogP) is 4.11. The summed E-state index contributed by atoms with van der Waals surface area (Å²) in [6.45, 7) is 1.18. The molecule has 8 heteroatoms. The van der Waals surface area contributed by atoms with Crippen molar-refractivity contribution in [3.63, 3.8) is 0 Å². The Morgan fingerprint density at radius 2 is 1.66 bits per heavy atom. The Hall–Kier alpha value is -3.00. The Bertz CT molecular complexity index is 1080. The van der Waals surface area contributed by atoms with E-state index < -0.39 is 17.6 Å². The number of carbonyl (C=O) groups excluding carboxylic acids is 2. The fourth-order valence-corrected chi connectivity index (χ4v) is 6.54. The lowest BCUT2D eigenvalue weighted by Crippen LogP contribution is -2.64. The largest absolute Gasteiger partial charge is 0.479 e. The normalized spacial score (nSPS) is 22.4. The van der Waals surface area contributed by atoms with Crippen molar-refractivity contribution in [2.75, 3.05) is 31.2 Å². The molecule has 2 aromatic carbocycles. The van der Waals surface area contributed by atoms with Crippen molar-refractivity contribution in [2.24, 2.45) is 5.92 Å². The number of nitrogens with zero attached hydrogens (tertiary/aromatic N) is 1. The SMILES string of the molecule is O=C(NCCSCC(=O)N1CC2CCC1(C(=O)O)CC2)OCC1c2ccccc2-c2ccccc21. The first-order valence-corrected chi connectivity index (χ1v) is 13.4. The number of nitrogens with one attached hydrogen (secondary N) is 1. The van der Waals surface area contributed by atoms with Crippen molar-refractivity contribution < 1.29 is 24.2 Å². The van der Waals surface area contributed by atoms with Crippen LogP contribution >= 0.6 is 11.8 Å². The first-order valence-electron chi connectivity index (χ1n) is 12.2. The average Bonchev–Trinajstić information content (AvgIpc) is 3.21. The summed E-state index contributed by atoms with van der Waals surface area (Å²) in [5.74, 6) is 0.192. The zero-order valence-electron chi connectivity index (χ0n) is 19.6. The first kappa shape index (κ1) is 23.7. The van der Waals surface area contributed by atoms with Gasteiger partial charge in [0.05, 0.1) is 5.75 Å². The van der Waals surface area contributed by atoms with E-state index in [1.54, 1.807) is 4.90 Å². The van der Waals surface area contributed by atoms with E-state index in [4.69, 9.17) is 4.74 Å². The second kappa shape index (κ2) is 9.93. The molecule has 35 heavy (non-hydrogen) atoms. The zero-order chi connectivity index (χ0) is 24.4. The third-order valence-electron chi connectivity index (χ3n) is 7.67. The van der Waals surface area contributed by atoms with Gasteiger partial charge in [0.1, 0.15) is 12.1 Å². The summed E-state index contributed by atoms with van der Waals surface area (Å²) in [7, 11) is 0. The molecular formula is C27H30N2O5S. The molecule has 2 saturated heterocycles. The second-order valence-electron chi connectivity index (χ2n) is 9.59. The van der Waals surface area contributed by atoms with Gasteiger partial charge >= 0.3 is 12.1 Å². The molecule has 0 radical (unpaired) electrons. The van der Waals surface area contributed by atoms with Crippen LogP contribution in [0, 0.1) is 5.92 Å². The van der Waals surface area contributed by atoms with Gasteiger partial charge in [-0.1, -0.05) is 48.5 Å². The molecule has 2 N–H and O–H groups in total. The van der Waals surface area contributed by atoms with Gasteiger partial charge in [0, 0.05) is 24.8 Å². The van der Waals surface area contributed by atoms with E-state index in [0.29, 0.717) is 37.6 Å². The minimum absolute atomic E-state index is 0.0153. The number of carboxylic acid groups (broad SMARTS) is 1. The van der Waals surface area contributed by atoms with Gasteiger partial charge in [-0.3, -0.25) is 4.79 Å². The molecule has 0 aromatic heterocycles. The fourth-order valence-electron chi connectivity index (χ4n) is 5.82. The van der Waals surface area contributed by atoms with Crippen molar-refractivity contribution in [3.05, 3.63) is 59.7 Å². The standard InChI is InChI=1S/C27H30N2O5S/c30-24(29-15-18-9-11-27(29,12-10-18)25(31)32)17-35-14-13-28-26(33)34-16-23-21-7-3-1-5-19(21)20-6-2-4-8-22(20)23/h1-8,18,23H,9-17H2,(H,28,33)(H,31,32). The number of alkyl carbamates (subject to hydrolysis) is 1. The maximum Gasteiger partial charge on any atom is 0.407 e. The summed E-state index contributed by atoms with van der Waals surface area (Å²) in [5, 5.41) is 12.5. The summed E-state index contributed by atoms with van der Waals surface area (Å²) in [5.41, 5.74) is 3.68. The molecular weight excluding hydrogens is 464 g/mol. The molecule has 4 aliphatic rings. The van der Waals surface area contributed by atoms with Crippen LogP contribution in [-0.4, -0.2) is 64.7 Å². The lowest BCUT2D eigenvalue weighted by Gasteiger charge is -2.51.